The number of carbonyl (C=O) groups is 2. The quantitative estimate of drug-likeness (QED) is 0.617. The maximum Gasteiger partial charge on any atom is 0.417 e. The Balaban J connectivity index is 1.42. The molecule has 7 heteroatoms. The molecule has 2 amide bonds. The lowest BCUT2D eigenvalue weighted by atomic mass is 10.0. The normalized spacial score (nSPS) is 20.7. The van der Waals surface area contributed by atoms with E-state index in [-0.39, 0.29) is 34.9 Å². The van der Waals surface area contributed by atoms with Crippen LogP contribution in [0.25, 0.3) is 0 Å². The van der Waals surface area contributed by atoms with E-state index < -0.39 is 6.09 Å². The van der Waals surface area contributed by atoms with Crippen LogP contribution in [-0.4, -0.2) is 35.0 Å². The highest BCUT2D eigenvalue weighted by Crippen LogP contribution is 2.55. The molecule has 152 valence electrons. The summed E-state index contributed by atoms with van der Waals surface area (Å²) in [6.45, 7) is 0.194. The van der Waals surface area contributed by atoms with Crippen LogP contribution in [0.1, 0.15) is 36.4 Å². The van der Waals surface area contributed by atoms with E-state index in [1.54, 1.807) is 0 Å². The fourth-order valence-corrected chi connectivity index (χ4v) is 7.17. The average Bonchev–Trinajstić information content (AvgIpc) is 3.37. The zero-order chi connectivity index (χ0) is 20.3. The minimum atomic E-state index is -0.568. The number of imide groups is 1. The molecule has 4 nitrogen and oxygen atoms in total. The van der Waals surface area contributed by atoms with Gasteiger partial charge >= 0.3 is 6.09 Å². The number of cyclic esters (lactones) is 1. The first kappa shape index (κ1) is 20.3. The molecule has 0 spiro atoms. The molecule has 2 fully saturated rings. The van der Waals surface area contributed by atoms with E-state index in [9.17, 15) is 14.0 Å². The van der Waals surface area contributed by atoms with Gasteiger partial charge in [-0.25, -0.2) is 14.1 Å². The fourth-order valence-electron chi connectivity index (χ4n) is 3.82. The van der Waals surface area contributed by atoms with Gasteiger partial charge in [0.2, 0.25) is 5.91 Å². The lowest BCUT2D eigenvalue weighted by Crippen LogP contribution is -2.34. The Morgan fingerprint density at radius 3 is 2.48 bits per heavy atom. The van der Waals surface area contributed by atoms with Gasteiger partial charge in [0.25, 0.3) is 0 Å². The van der Waals surface area contributed by atoms with Gasteiger partial charge in [-0.3, -0.25) is 4.79 Å². The Morgan fingerprint density at radius 2 is 1.79 bits per heavy atom. The number of ether oxygens (including phenoxy) is 1. The number of thioether (sulfide) groups is 2. The number of halogens is 1. The number of rotatable bonds is 6. The first-order valence-corrected chi connectivity index (χ1v) is 11.6. The van der Waals surface area contributed by atoms with Crippen LogP contribution in [-0.2, 0) is 13.6 Å². The van der Waals surface area contributed by atoms with Gasteiger partial charge in [-0.2, -0.15) is 0 Å². The summed E-state index contributed by atoms with van der Waals surface area (Å²) in [6, 6.07) is 15.8. The summed E-state index contributed by atoms with van der Waals surface area (Å²) >= 11 is 3.71. The van der Waals surface area contributed by atoms with Crippen LogP contribution < -0.4 is 0 Å². The van der Waals surface area contributed by atoms with Crippen molar-refractivity contribution < 1.29 is 18.7 Å². The zero-order valence-corrected chi connectivity index (χ0v) is 17.5. The molecule has 0 bridgehead atoms. The zero-order valence-electron chi connectivity index (χ0n) is 15.9. The number of amides is 2. The van der Waals surface area contributed by atoms with E-state index in [1.807, 2.05) is 66.0 Å². The van der Waals surface area contributed by atoms with Crippen molar-refractivity contribution in [1.82, 2.24) is 4.90 Å². The molecule has 0 saturated carbocycles. The van der Waals surface area contributed by atoms with E-state index >= 15 is 0 Å². The first-order chi connectivity index (χ1) is 14.1. The van der Waals surface area contributed by atoms with Crippen LogP contribution in [0.15, 0.2) is 54.6 Å². The van der Waals surface area contributed by atoms with Gasteiger partial charge in [0.15, 0.2) is 0 Å². The highest BCUT2D eigenvalue weighted by Gasteiger charge is 2.40. The van der Waals surface area contributed by atoms with Crippen molar-refractivity contribution in [2.75, 3.05) is 18.1 Å². The van der Waals surface area contributed by atoms with Crippen molar-refractivity contribution in [3.05, 3.63) is 71.5 Å². The lowest BCUT2D eigenvalue weighted by molar-refractivity contribution is -0.129. The monoisotopic (exact) mass is 431 g/mol. The van der Waals surface area contributed by atoms with Gasteiger partial charge in [0.1, 0.15) is 18.5 Å². The van der Waals surface area contributed by atoms with Crippen molar-refractivity contribution >= 4 is 35.5 Å². The van der Waals surface area contributed by atoms with Crippen molar-refractivity contribution in [1.29, 1.82) is 0 Å². The Bertz CT molecular complexity index is 869. The Hall–Kier alpha value is -1.99. The summed E-state index contributed by atoms with van der Waals surface area (Å²) in [5, 5.41) is 0. The number of carbonyl (C=O) groups excluding carboxylic acids is 2. The van der Waals surface area contributed by atoms with Gasteiger partial charge in [-0.1, -0.05) is 42.5 Å². The Morgan fingerprint density at radius 1 is 1.10 bits per heavy atom. The fraction of sp³-hybridized carbons (Fsp3) is 0.364. The molecule has 2 aromatic rings. The van der Waals surface area contributed by atoms with Crippen molar-refractivity contribution in [3.63, 3.8) is 0 Å². The highest BCUT2D eigenvalue weighted by atomic mass is 32.2. The van der Waals surface area contributed by atoms with Crippen molar-refractivity contribution in [3.8, 4) is 0 Å². The molecule has 2 aliphatic heterocycles. The molecule has 2 saturated heterocycles. The number of hydrogen-bond acceptors (Lipinski definition) is 5. The second-order valence-electron chi connectivity index (χ2n) is 7.08. The minimum absolute atomic E-state index is 0.154. The van der Waals surface area contributed by atoms with Crippen molar-refractivity contribution in [2.45, 2.75) is 29.4 Å². The third-order valence-electron chi connectivity index (χ3n) is 5.26. The van der Waals surface area contributed by atoms with E-state index in [0.717, 1.165) is 29.1 Å². The standard InChI is InChI=1S/C22H22FNO3S2/c23-18-10-8-17(9-11-18)22(28-13-14-29-22)12-4-7-20(25)24-19(15-27-21(24)26)16-5-2-1-3-6-16/h1-3,5-6,8-11,19H,4,7,12-15H2. The largest absolute Gasteiger partial charge is 0.446 e. The number of nitrogens with zero attached hydrogens (tertiary/aromatic N) is 1. The molecule has 29 heavy (non-hydrogen) atoms. The summed E-state index contributed by atoms with van der Waals surface area (Å²) < 4.78 is 18.3. The lowest BCUT2D eigenvalue weighted by Gasteiger charge is -2.28. The molecule has 0 aliphatic carbocycles. The van der Waals surface area contributed by atoms with Gasteiger partial charge in [-0.05, 0) is 36.1 Å². The SMILES string of the molecule is O=C(CCCC1(c2ccc(F)cc2)SCCS1)N1C(=O)OCC1c1ccccc1. The topological polar surface area (TPSA) is 46.6 Å². The van der Waals surface area contributed by atoms with Crippen LogP contribution in [0.3, 0.4) is 0 Å². The molecule has 1 atom stereocenters. The average molecular weight is 432 g/mol. The Kier molecular flexibility index (Phi) is 6.15. The van der Waals surface area contributed by atoms with Crippen LogP contribution in [0.4, 0.5) is 9.18 Å². The molecule has 2 aliphatic rings. The number of hydrogen-bond donors (Lipinski definition) is 0. The minimum Gasteiger partial charge on any atom is -0.446 e. The molecule has 0 N–H and O–H groups in total. The van der Waals surface area contributed by atoms with Gasteiger partial charge in [0.05, 0.1) is 4.08 Å². The maximum absolute atomic E-state index is 13.3. The summed E-state index contributed by atoms with van der Waals surface area (Å²) in [7, 11) is 0. The van der Waals surface area contributed by atoms with E-state index in [2.05, 4.69) is 0 Å². The second kappa shape index (κ2) is 8.79. The summed E-state index contributed by atoms with van der Waals surface area (Å²) in [5.74, 6) is 1.62. The van der Waals surface area contributed by atoms with E-state index in [0.29, 0.717) is 6.42 Å². The van der Waals surface area contributed by atoms with Gasteiger partial charge in [-0.15, -0.1) is 23.5 Å². The molecule has 4 rings (SSSR count). The molecular formula is C22H22FNO3S2. The predicted octanol–water partition coefficient (Wildman–Crippen LogP) is 5.35. The third kappa shape index (κ3) is 4.31. The molecule has 0 radical (unpaired) electrons. The van der Waals surface area contributed by atoms with E-state index in [1.165, 1.54) is 17.0 Å². The summed E-state index contributed by atoms with van der Waals surface area (Å²) in [6.07, 6.45) is 1.16. The van der Waals surface area contributed by atoms with Crippen LogP contribution >= 0.6 is 23.5 Å². The summed E-state index contributed by atoms with van der Waals surface area (Å²) in [5.41, 5.74) is 1.98. The molecule has 2 heterocycles. The van der Waals surface area contributed by atoms with Gasteiger partial charge in [0, 0.05) is 17.9 Å². The highest BCUT2D eigenvalue weighted by molar-refractivity contribution is 8.20. The van der Waals surface area contributed by atoms with E-state index in [4.69, 9.17) is 4.74 Å². The molecule has 1 unspecified atom stereocenters. The van der Waals surface area contributed by atoms with Crippen LogP contribution in [0, 0.1) is 5.82 Å². The second-order valence-corrected chi connectivity index (χ2v) is 10.1. The van der Waals surface area contributed by atoms with Crippen LogP contribution in [0.5, 0.6) is 0 Å². The van der Waals surface area contributed by atoms with Crippen molar-refractivity contribution in [2.24, 2.45) is 0 Å². The Labute approximate surface area is 178 Å². The first-order valence-electron chi connectivity index (χ1n) is 9.67. The van der Waals surface area contributed by atoms with Crippen LogP contribution in [0.2, 0.25) is 0 Å². The number of benzene rings is 2. The van der Waals surface area contributed by atoms with Gasteiger partial charge < -0.3 is 4.74 Å². The smallest absolute Gasteiger partial charge is 0.417 e. The molecular weight excluding hydrogens is 409 g/mol. The molecule has 2 aromatic carbocycles. The maximum atomic E-state index is 13.3. The molecule has 0 aromatic heterocycles. The third-order valence-corrected chi connectivity index (χ3v) is 8.85. The predicted molar refractivity (Wildman–Crippen MR) is 114 cm³/mol. The summed E-state index contributed by atoms with van der Waals surface area (Å²) in [4.78, 5) is 26.3.